The summed E-state index contributed by atoms with van der Waals surface area (Å²) in [7, 11) is -3.40. The minimum Gasteiger partial charge on any atom is -0.355 e. The van der Waals surface area contributed by atoms with Crippen LogP contribution >= 0.6 is 23.4 Å². The number of nitrogens with one attached hydrogen (secondary N) is 1. The van der Waals surface area contributed by atoms with Gasteiger partial charge in [-0.1, -0.05) is 47.5 Å². The number of hydrogen-bond acceptors (Lipinski definition) is 4. The number of anilines is 1. The minimum atomic E-state index is -3.40. The lowest BCUT2D eigenvalue weighted by Crippen LogP contribution is -2.32. The maximum absolute atomic E-state index is 12.1. The Morgan fingerprint density at radius 2 is 1.83 bits per heavy atom. The van der Waals surface area contributed by atoms with Gasteiger partial charge in [-0.2, -0.15) is 11.8 Å². The summed E-state index contributed by atoms with van der Waals surface area (Å²) >= 11 is 7.83. The molecule has 2 rings (SSSR count). The first-order chi connectivity index (χ1) is 13.8. The summed E-state index contributed by atoms with van der Waals surface area (Å²) in [5.41, 5.74) is 2.77. The summed E-state index contributed by atoms with van der Waals surface area (Å²) in [5.74, 6) is 1.52. The number of carbonyl (C=O) groups excluding carboxylic acids is 1. The normalized spacial score (nSPS) is 11.3. The Morgan fingerprint density at radius 1 is 1.14 bits per heavy atom. The van der Waals surface area contributed by atoms with Crippen LogP contribution in [0.1, 0.15) is 24.0 Å². The molecule has 2 aromatic carbocycles. The molecule has 0 unspecified atom stereocenters. The number of halogens is 1. The van der Waals surface area contributed by atoms with E-state index in [-0.39, 0.29) is 18.9 Å². The molecule has 0 bridgehead atoms. The molecular formula is C21H27ClN2O3S2. The number of rotatable bonds is 11. The van der Waals surface area contributed by atoms with Crippen molar-refractivity contribution in [3.63, 3.8) is 0 Å². The van der Waals surface area contributed by atoms with Crippen molar-refractivity contribution in [1.29, 1.82) is 0 Å². The van der Waals surface area contributed by atoms with E-state index < -0.39 is 10.0 Å². The zero-order valence-electron chi connectivity index (χ0n) is 16.7. The van der Waals surface area contributed by atoms with Gasteiger partial charge in [0.1, 0.15) is 0 Å². The van der Waals surface area contributed by atoms with Gasteiger partial charge >= 0.3 is 0 Å². The Hall–Kier alpha value is -1.70. The predicted molar refractivity (Wildman–Crippen MR) is 123 cm³/mol. The summed E-state index contributed by atoms with van der Waals surface area (Å²) in [5, 5.41) is 3.64. The van der Waals surface area contributed by atoms with Crippen LogP contribution in [0.4, 0.5) is 5.69 Å². The molecule has 1 amide bonds. The highest BCUT2D eigenvalue weighted by Crippen LogP contribution is 2.20. The van der Waals surface area contributed by atoms with Crippen LogP contribution in [0.5, 0.6) is 0 Å². The fraction of sp³-hybridized carbons (Fsp3) is 0.381. The van der Waals surface area contributed by atoms with E-state index in [4.69, 9.17) is 11.6 Å². The average molecular weight is 455 g/mol. The molecule has 1 N–H and O–H groups in total. The zero-order valence-corrected chi connectivity index (χ0v) is 19.1. The first-order valence-electron chi connectivity index (χ1n) is 9.39. The third kappa shape index (κ3) is 8.28. The van der Waals surface area contributed by atoms with E-state index in [0.29, 0.717) is 18.7 Å². The molecule has 5 nitrogen and oxygen atoms in total. The number of sulfonamides is 1. The van der Waals surface area contributed by atoms with Crippen LogP contribution in [0.25, 0.3) is 0 Å². The summed E-state index contributed by atoms with van der Waals surface area (Å²) in [6.07, 6.45) is 1.93. The van der Waals surface area contributed by atoms with E-state index in [9.17, 15) is 13.2 Å². The van der Waals surface area contributed by atoms with Gasteiger partial charge in [0.2, 0.25) is 15.9 Å². The third-order valence-electron chi connectivity index (χ3n) is 4.27. The summed E-state index contributed by atoms with van der Waals surface area (Å²) in [6.45, 7) is 2.80. The van der Waals surface area contributed by atoms with E-state index in [2.05, 4.69) is 5.32 Å². The van der Waals surface area contributed by atoms with Gasteiger partial charge in [-0.25, -0.2) is 8.42 Å². The Kier molecular flexibility index (Phi) is 9.33. The maximum atomic E-state index is 12.1. The highest BCUT2D eigenvalue weighted by Gasteiger charge is 2.17. The Morgan fingerprint density at radius 3 is 2.48 bits per heavy atom. The largest absolute Gasteiger partial charge is 0.355 e. The zero-order chi connectivity index (χ0) is 21.3. The first-order valence-corrected chi connectivity index (χ1v) is 12.8. The van der Waals surface area contributed by atoms with Gasteiger partial charge in [-0.05, 0) is 37.1 Å². The third-order valence-corrected chi connectivity index (χ3v) is 6.84. The summed E-state index contributed by atoms with van der Waals surface area (Å²) in [4.78, 5) is 12.0. The second-order valence-electron chi connectivity index (χ2n) is 6.77. The number of benzene rings is 2. The van der Waals surface area contributed by atoms with Crippen LogP contribution in [0.2, 0.25) is 5.02 Å². The molecule has 0 heterocycles. The molecule has 158 valence electrons. The van der Waals surface area contributed by atoms with Gasteiger partial charge in [0.15, 0.2) is 0 Å². The molecular weight excluding hydrogens is 428 g/mol. The topological polar surface area (TPSA) is 66.5 Å². The Balaban J connectivity index is 1.69. The van der Waals surface area contributed by atoms with Crippen molar-refractivity contribution in [2.45, 2.75) is 25.5 Å². The van der Waals surface area contributed by atoms with Crippen LogP contribution in [0, 0.1) is 6.92 Å². The van der Waals surface area contributed by atoms with Crippen molar-refractivity contribution >= 4 is 45.0 Å². The molecule has 0 aliphatic rings. The van der Waals surface area contributed by atoms with Crippen LogP contribution < -0.4 is 9.62 Å². The second kappa shape index (κ2) is 11.5. The Bertz CT molecular complexity index is 902. The van der Waals surface area contributed by atoms with Crippen molar-refractivity contribution in [2.24, 2.45) is 0 Å². The number of aryl methyl sites for hydroxylation is 1. The molecule has 0 aliphatic heterocycles. The summed E-state index contributed by atoms with van der Waals surface area (Å²) < 4.78 is 25.5. The van der Waals surface area contributed by atoms with Crippen molar-refractivity contribution < 1.29 is 13.2 Å². The molecule has 0 atom stereocenters. The highest BCUT2D eigenvalue weighted by atomic mass is 35.5. The van der Waals surface area contributed by atoms with Crippen LogP contribution in [-0.4, -0.2) is 39.4 Å². The lowest BCUT2D eigenvalue weighted by atomic mass is 10.2. The van der Waals surface area contributed by atoms with Gasteiger partial charge in [-0.15, -0.1) is 0 Å². The SMILES string of the molecule is Cc1ccc(N(CCCC(=O)NCCSCc2ccccc2Cl)S(C)(=O)=O)cc1. The molecule has 0 aromatic heterocycles. The fourth-order valence-electron chi connectivity index (χ4n) is 2.73. The average Bonchev–Trinajstić information content (AvgIpc) is 2.66. The molecule has 0 saturated carbocycles. The van der Waals surface area contributed by atoms with E-state index in [0.717, 1.165) is 27.7 Å². The van der Waals surface area contributed by atoms with Crippen LogP contribution in [0.15, 0.2) is 48.5 Å². The number of thioether (sulfide) groups is 1. The van der Waals surface area contributed by atoms with Gasteiger partial charge in [0.05, 0.1) is 11.9 Å². The molecule has 0 aliphatic carbocycles. The lowest BCUT2D eigenvalue weighted by molar-refractivity contribution is -0.121. The van der Waals surface area contributed by atoms with Crippen molar-refractivity contribution in [1.82, 2.24) is 5.32 Å². The first kappa shape index (κ1) is 23.6. The van der Waals surface area contributed by atoms with Gasteiger partial charge in [-0.3, -0.25) is 9.10 Å². The van der Waals surface area contributed by atoms with Crippen molar-refractivity contribution in [3.05, 3.63) is 64.7 Å². The van der Waals surface area contributed by atoms with Crippen LogP contribution in [0.3, 0.4) is 0 Å². The molecule has 29 heavy (non-hydrogen) atoms. The molecule has 0 radical (unpaired) electrons. The number of carbonyl (C=O) groups is 1. The van der Waals surface area contributed by atoms with Crippen molar-refractivity contribution in [2.75, 3.05) is 29.4 Å². The molecule has 0 fully saturated rings. The molecule has 0 spiro atoms. The molecule has 8 heteroatoms. The molecule has 2 aromatic rings. The van der Waals surface area contributed by atoms with Gasteiger partial charge < -0.3 is 5.32 Å². The van der Waals surface area contributed by atoms with Gasteiger partial charge in [0.25, 0.3) is 0 Å². The highest BCUT2D eigenvalue weighted by molar-refractivity contribution is 7.98. The smallest absolute Gasteiger partial charge is 0.232 e. The van der Waals surface area contributed by atoms with Crippen molar-refractivity contribution in [3.8, 4) is 0 Å². The predicted octanol–water partition coefficient (Wildman–Crippen LogP) is 4.24. The van der Waals surface area contributed by atoms with Crippen LogP contribution in [-0.2, 0) is 20.6 Å². The number of nitrogens with zero attached hydrogens (tertiary/aromatic N) is 1. The monoisotopic (exact) mass is 454 g/mol. The van der Waals surface area contributed by atoms with E-state index in [1.165, 1.54) is 10.6 Å². The lowest BCUT2D eigenvalue weighted by Gasteiger charge is -2.22. The standard InChI is InChI=1S/C21H27ClN2O3S2/c1-17-9-11-19(12-10-17)24(29(2,26)27)14-5-8-21(25)23-13-15-28-16-18-6-3-4-7-20(18)22/h3-4,6-7,9-12H,5,8,13-16H2,1-2H3,(H,23,25). The van der Waals surface area contributed by atoms with E-state index in [1.54, 1.807) is 23.9 Å². The fourth-order valence-corrected chi connectivity index (χ4v) is 4.84. The van der Waals surface area contributed by atoms with E-state index in [1.807, 2.05) is 43.3 Å². The quantitative estimate of drug-likeness (QED) is 0.515. The van der Waals surface area contributed by atoms with Gasteiger partial charge in [0, 0.05) is 36.0 Å². The maximum Gasteiger partial charge on any atom is 0.232 e. The second-order valence-corrected chi connectivity index (χ2v) is 10.2. The van der Waals surface area contributed by atoms with E-state index >= 15 is 0 Å². The number of amides is 1. The molecule has 0 saturated heterocycles. The number of hydrogen-bond donors (Lipinski definition) is 1. The Labute approximate surface area is 182 Å². The summed E-state index contributed by atoms with van der Waals surface area (Å²) in [6, 6.07) is 15.0. The minimum absolute atomic E-state index is 0.0688.